The molecule has 0 bridgehead atoms. The van der Waals surface area contributed by atoms with Crippen molar-refractivity contribution in [1.82, 2.24) is 14.9 Å². The number of nitrogens with zero attached hydrogens (tertiary/aromatic N) is 4. The second kappa shape index (κ2) is 7.02. The molecule has 1 spiro atoms. The molecule has 7 heteroatoms. The highest BCUT2D eigenvalue weighted by Crippen LogP contribution is 2.55. The van der Waals surface area contributed by atoms with Gasteiger partial charge in [0.2, 0.25) is 5.91 Å². The molecular formula is C19H29N5O2. The maximum absolute atomic E-state index is 12.0. The summed E-state index contributed by atoms with van der Waals surface area (Å²) in [5.74, 6) is 1.81. The van der Waals surface area contributed by atoms with Crippen LogP contribution in [0, 0.1) is 5.41 Å². The van der Waals surface area contributed by atoms with Crippen molar-refractivity contribution < 1.29 is 9.53 Å². The van der Waals surface area contributed by atoms with Crippen LogP contribution in [-0.4, -0.2) is 66.2 Å². The Balaban J connectivity index is 1.45. The lowest BCUT2D eigenvalue weighted by molar-refractivity contribution is -0.129. The van der Waals surface area contributed by atoms with E-state index >= 15 is 0 Å². The molecular weight excluding hydrogens is 330 g/mol. The van der Waals surface area contributed by atoms with Crippen molar-refractivity contribution in [2.24, 2.45) is 5.41 Å². The van der Waals surface area contributed by atoms with Crippen molar-refractivity contribution in [3.63, 3.8) is 0 Å². The van der Waals surface area contributed by atoms with Crippen LogP contribution in [0.4, 0.5) is 11.6 Å². The number of carbonyl (C=O) groups excluding carboxylic acids is 1. The number of rotatable bonds is 5. The van der Waals surface area contributed by atoms with Crippen molar-refractivity contribution in [2.45, 2.75) is 51.2 Å². The van der Waals surface area contributed by atoms with Gasteiger partial charge in [-0.2, -0.15) is 0 Å². The molecule has 2 atom stereocenters. The van der Waals surface area contributed by atoms with E-state index in [1.807, 2.05) is 18.0 Å². The maximum atomic E-state index is 12.0. The molecule has 1 N–H and O–H groups in total. The molecule has 1 aliphatic heterocycles. The monoisotopic (exact) mass is 359 g/mol. The first kappa shape index (κ1) is 17.5. The zero-order chi connectivity index (χ0) is 18.1. The smallest absolute Gasteiger partial charge is 0.241 e. The lowest BCUT2D eigenvalue weighted by atomic mass is 9.60. The number of piperazine rings is 1. The molecule has 142 valence electrons. The van der Waals surface area contributed by atoms with Gasteiger partial charge >= 0.3 is 0 Å². The van der Waals surface area contributed by atoms with Crippen LogP contribution in [0.2, 0.25) is 0 Å². The number of aromatic nitrogens is 2. The minimum Gasteiger partial charge on any atom is -0.378 e. The summed E-state index contributed by atoms with van der Waals surface area (Å²) >= 11 is 0. The molecule has 26 heavy (non-hydrogen) atoms. The summed E-state index contributed by atoms with van der Waals surface area (Å²) in [6, 6.07) is 2.40. The van der Waals surface area contributed by atoms with Crippen molar-refractivity contribution in [3.8, 4) is 0 Å². The van der Waals surface area contributed by atoms with E-state index in [0.29, 0.717) is 18.7 Å². The van der Waals surface area contributed by atoms with Gasteiger partial charge in [0, 0.05) is 44.3 Å². The summed E-state index contributed by atoms with van der Waals surface area (Å²) in [5.41, 5.74) is 0.269. The van der Waals surface area contributed by atoms with E-state index in [-0.39, 0.29) is 11.3 Å². The van der Waals surface area contributed by atoms with Gasteiger partial charge < -0.3 is 19.9 Å². The Hall–Kier alpha value is -1.89. The standard InChI is InChI=1S/C19H29N5O2/c1-3-26-15-10-14(19(15)6-4-5-7-19)22-16-11-17(21-13-20-16)24-9-8-23(2)18(25)12-24/h11,13-15H,3-10,12H2,1-2H3,(H,20,21,22). The lowest BCUT2D eigenvalue weighted by Gasteiger charge is -2.54. The first-order chi connectivity index (χ1) is 12.6. The van der Waals surface area contributed by atoms with Gasteiger partial charge in [-0.1, -0.05) is 12.8 Å². The summed E-state index contributed by atoms with van der Waals surface area (Å²) in [6.45, 7) is 4.78. The van der Waals surface area contributed by atoms with Crippen LogP contribution in [0.5, 0.6) is 0 Å². The lowest BCUT2D eigenvalue weighted by Crippen LogP contribution is -2.60. The molecule has 1 aromatic rings. The highest BCUT2D eigenvalue weighted by molar-refractivity contribution is 5.82. The Morgan fingerprint density at radius 3 is 2.85 bits per heavy atom. The van der Waals surface area contributed by atoms with Crippen molar-refractivity contribution in [2.75, 3.05) is 43.5 Å². The van der Waals surface area contributed by atoms with Crippen molar-refractivity contribution >= 4 is 17.5 Å². The number of amides is 1. The minimum absolute atomic E-state index is 0.132. The van der Waals surface area contributed by atoms with Gasteiger partial charge in [-0.05, 0) is 26.2 Å². The fraction of sp³-hybridized carbons (Fsp3) is 0.737. The maximum Gasteiger partial charge on any atom is 0.241 e. The molecule has 1 saturated heterocycles. The van der Waals surface area contributed by atoms with E-state index in [9.17, 15) is 4.79 Å². The predicted molar refractivity (Wildman–Crippen MR) is 100 cm³/mol. The third-order valence-electron chi connectivity index (χ3n) is 6.44. The summed E-state index contributed by atoms with van der Waals surface area (Å²) in [6.07, 6.45) is 8.07. The summed E-state index contributed by atoms with van der Waals surface area (Å²) in [7, 11) is 1.85. The van der Waals surface area contributed by atoms with Gasteiger partial charge in [0.15, 0.2) is 0 Å². The van der Waals surface area contributed by atoms with Crippen LogP contribution in [0.3, 0.4) is 0 Å². The molecule has 1 amide bonds. The fourth-order valence-electron chi connectivity index (χ4n) is 4.82. The van der Waals surface area contributed by atoms with E-state index in [1.165, 1.54) is 25.7 Å². The Bertz CT molecular complexity index is 661. The van der Waals surface area contributed by atoms with Crippen molar-refractivity contribution in [1.29, 1.82) is 0 Å². The van der Waals surface area contributed by atoms with E-state index < -0.39 is 0 Å². The van der Waals surface area contributed by atoms with E-state index in [1.54, 1.807) is 11.2 Å². The first-order valence-electron chi connectivity index (χ1n) is 9.81. The van der Waals surface area contributed by atoms with Crippen LogP contribution in [0.15, 0.2) is 12.4 Å². The molecule has 2 aliphatic carbocycles. The van der Waals surface area contributed by atoms with Crippen LogP contribution in [0.25, 0.3) is 0 Å². The third kappa shape index (κ3) is 3.02. The highest BCUT2D eigenvalue weighted by Gasteiger charge is 2.56. The Labute approximate surface area is 155 Å². The molecule has 3 fully saturated rings. The highest BCUT2D eigenvalue weighted by atomic mass is 16.5. The molecule has 0 aromatic carbocycles. The number of ether oxygens (including phenoxy) is 1. The molecule has 1 aromatic heterocycles. The average molecular weight is 359 g/mol. The molecule has 4 rings (SSSR count). The zero-order valence-electron chi connectivity index (χ0n) is 15.8. The van der Waals surface area contributed by atoms with Gasteiger partial charge in [-0.3, -0.25) is 4.79 Å². The van der Waals surface area contributed by atoms with E-state index in [4.69, 9.17) is 4.74 Å². The number of hydrogen-bond donors (Lipinski definition) is 1. The van der Waals surface area contributed by atoms with E-state index in [2.05, 4.69) is 22.2 Å². The molecule has 7 nitrogen and oxygen atoms in total. The topological polar surface area (TPSA) is 70.6 Å². The van der Waals surface area contributed by atoms with Gasteiger partial charge in [0.25, 0.3) is 0 Å². The Morgan fingerprint density at radius 2 is 2.12 bits per heavy atom. The Morgan fingerprint density at radius 1 is 1.31 bits per heavy atom. The second-order valence-electron chi connectivity index (χ2n) is 7.82. The third-order valence-corrected chi connectivity index (χ3v) is 6.44. The summed E-state index contributed by atoms with van der Waals surface area (Å²) in [4.78, 5) is 24.6. The number of anilines is 2. The molecule has 2 unspecified atom stereocenters. The van der Waals surface area contributed by atoms with Crippen LogP contribution in [-0.2, 0) is 9.53 Å². The van der Waals surface area contributed by atoms with Gasteiger partial charge in [-0.15, -0.1) is 0 Å². The SMILES string of the molecule is CCOC1CC(Nc2cc(N3CCN(C)C(=O)C3)ncn2)C12CCCC2. The number of likely N-dealkylation sites (N-methyl/N-ethyl adjacent to an activating group) is 1. The van der Waals surface area contributed by atoms with Gasteiger partial charge in [0.05, 0.1) is 12.6 Å². The van der Waals surface area contributed by atoms with Crippen LogP contribution >= 0.6 is 0 Å². The van der Waals surface area contributed by atoms with Crippen LogP contribution < -0.4 is 10.2 Å². The number of carbonyl (C=O) groups is 1. The van der Waals surface area contributed by atoms with Gasteiger partial charge in [-0.25, -0.2) is 9.97 Å². The first-order valence-corrected chi connectivity index (χ1v) is 9.81. The molecule has 0 radical (unpaired) electrons. The molecule has 2 saturated carbocycles. The van der Waals surface area contributed by atoms with E-state index in [0.717, 1.165) is 37.8 Å². The quantitative estimate of drug-likeness (QED) is 0.866. The molecule has 3 aliphatic rings. The predicted octanol–water partition coefficient (Wildman–Crippen LogP) is 1.90. The average Bonchev–Trinajstić information content (AvgIpc) is 3.16. The second-order valence-corrected chi connectivity index (χ2v) is 7.82. The number of nitrogens with one attached hydrogen (secondary N) is 1. The zero-order valence-corrected chi connectivity index (χ0v) is 15.8. The van der Waals surface area contributed by atoms with Crippen molar-refractivity contribution in [3.05, 3.63) is 12.4 Å². The van der Waals surface area contributed by atoms with Gasteiger partial charge in [0.1, 0.15) is 18.0 Å². The normalized spacial score (nSPS) is 27.7. The largest absolute Gasteiger partial charge is 0.378 e. The van der Waals surface area contributed by atoms with Crippen LogP contribution in [0.1, 0.15) is 39.0 Å². The summed E-state index contributed by atoms with van der Waals surface area (Å²) in [5, 5.41) is 3.65. The Kier molecular flexibility index (Phi) is 4.73. The number of hydrogen-bond acceptors (Lipinski definition) is 6. The minimum atomic E-state index is 0.132. The molecule has 2 heterocycles. The fourth-order valence-corrected chi connectivity index (χ4v) is 4.82. The summed E-state index contributed by atoms with van der Waals surface area (Å²) < 4.78 is 6.00.